The molecule has 0 aromatic carbocycles. The summed E-state index contributed by atoms with van der Waals surface area (Å²) < 4.78 is 0. The van der Waals surface area contributed by atoms with Crippen molar-refractivity contribution in [3.05, 3.63) is 15.6 Å². The molecule has 0 fully saturated rings. The van der Waals surface area contributed by atoms with E-state index in [0.29, 0.717) is 5.92 Å². The highest BCUT2D eigenvalue weighted by Crippen LogP contribution is 2.28. The van der Waals surface area contributed by atoms with Gasteiger partial charge in [-0.2, -0.15) is 0 Å². The van der Waals surface area contributed by atoms with E-state index in [2.05, 4.69) is 18.8 Å². The van der Waals surface area contributed by atoms with Crippen LogP contribution in [0.15, 0.2) is 0 Å². The van der Waals surface area contributed by atoms with Crippen LogP contribution in [0.3, 0.4) is 0 Å². The molecule has 0 atom stereocenters. The maximum Gasteiger partial charge on any atom is 0.210 e. The number of thiazole rings is 1. The Labute approximate surface area is 87.8 Å². The quantitative estimate of drug-likeness (QED) is 0.697. The molecule has 76 valence electrons. The Hall–Kier alpha value is -0.900. The van der Waals surface area contributed by atoms with Crippen molar-refractivity contribution in [3.63, 3.8) is 0 Å². The lowest BCUT2D eigenvalue weighted by Gasteiger charge is -2.21. The molecule has 0 saturated carbocycles. The number of hydrogen-bond acceptors (Lipinski definition) is 3. The molecule has 1 aromatic heterocycles. The number of nitrogens with zero attached hydrogens (tertiary/aromatic N) is 2. The Balaban J connectivity index is 2.25. The molecular weight excluding hydrogens is 196 g/mol. The maximum atomic E-state index is 10.6. The number of aromatic nitrogens is 1. The van der Waals surface area contributed by atoms with Gasteiger partial charge in [0.25, 0.3) is 0 Å². The number of carbonyl (C=O) groups is 1. The first-order valence-corrected chi connectivity index (χ1v) is 5.70. The van der Waals surface area contributed by atoms with Crippen molar-refractivity contribution in [3.8, 4) is 0 Å². The van der Waals surface area contributed by atoms with Crippen molar-refractivity contribution in [2.45, 2.75) is 32.7 Å². The van der Waals surface area contributed by atoms with Crippen LogP contribution in [0.4, 0.5) is 0 Å². The van der Waals surface area contributed by atoms with Gasteiger partial charge >= 0.3 is 0 Å². The number of carbonyl (C=O) groups excluding carboxylic acids is 1. The zero-order valence-electron chi connectivity index (χ0n) is 8.49. The van der Waals surface area contributed by atoms with E-state index in [1.807, 2.05) is 4.90 Å². The van der Waals surface area contributed by atoms with Crippen molar-refractivity contribution in [1.29, 1.82) is 0 Å². The Bertz CT molecular complexity index is 346. The van der Waals surface area contributed by atoms with Gasteiger partial charge in [-0.05, 0) is 0 Å². The van der Waals surface area contributed by atoms with E-state index in [1.54, 1.807) is 11.3 Å². The van der Waals surface area contributed by atoms with E-state index in [4.69, 9.17) is 0 Å². The third-order valence-corrected chi connectivity index (χ3v) is 3.80. The third-order valence-electron chi connectivity index (χ3n) is 2.42. The predicted octanol–water partition coefficient (Wildman–Crippen LogP) is 1.78. The zero-order chi connectivity index (χ0) is 10.1. The highest BCUT2D eigenvalue weighted by atomic mass is 32.1. The summed E-state index contributed by atoms with van der Waals surface area (Å²) in [5.41, 5.74) is 1.21. The van der Waals surface area contributed by atoms with E-state index >= 15 is 0 Å². The Kier molecular flexibility index (Phi) is 2.54. The number of rotatable bonds is 2. The molecule has 1 aliphatic heterocycles. The van der Waals surface area contributed by atoms with E-state index in [1.165, 1.54) is 15.6 Å². The molecule has 1 aromatic rings. The van der Waals surface area contributed by atoms with E-state index < -0.39 is 0 Å². The molecule has 1 aliphatic rings. The van der Waals surface area contributed by atoms with E-state index in [9.17, 15) is 4.79 Å². The van der Waals surface area contributed by atoms with Crippen LogP contribution in [0.1, 0.15) is 35.3 Å². The summed E-state index contributed by atoms with van der Waals surface area (Å²) in [6, 6.07) is 0. The van der Waals surface area contributed by atoms with Gasteiger partial charge in [0.05, 0.1) is 17.2 Å². The van der Waals surface area contributed by atoms with Crippen molar-refractivity contribution in [1.82, 2.24) is 9.88 Å². The van der Waals surface area contributed by atoms with Crippen LogP contribution >= 0.6 is 11.3 Å². The van der Waals surface area contributed by atoms with Crippen LogP contribution < -0.4 is 0 Å². The molecule has 0 saturated heterocycles. The molecule has 0 radical (unpaired) electrons. The van der Waals surface area contributed by atoms with Crippen LogP contribution in [-0.2, 0) is 17.8 Å². The second-order valence-corrected chi connectivity index (χ2v) is 5.02. The van der Waals surface area contributed by atoms with Crippen LogP contribution in [-0.4, -0.2) is 22.8 Å². The molecule has 0 unspecified atom stereocenters. The van der Waals surface area contributed by atoms with Gasteiger partial charge in [-0.1, -0.05) is 13.8 Å². The fourth-order valence-electron chi connectivity index (χ4n) is 1.57. The lowest BCUT2D eigenvalue weighted by atomic mass is 10.2. The molecule has 4 heteroatoms. The Morgan fingerprint density at radius 2 is 2.36 bits per heavy atom. The lowest BCUT2D eigenvalue weighted by molar-refractivity contribution is -0.118. The van der Waals surface area contributed by atoms with E-state index in [0.717, 1.165) is 25.9 Å². The van der Waals surface area contributed by atoms with Gasteiger partial charge in [0.2, 0.25) is 6.41 Å². The number of hydrogen-bond donors (Lipinski definition) is 0. The first-order chi connectivity index (χ1) is 6.70. The molecule has 1 amide bonds. The van der Waals surface area contributed by atoms with Gasteiger partial charge in [-0.15, -0.1) is 11.3 Å². The van der Waals surface area contributed by atoms with Gasteiger partial charge in [0, 0.05) is 23.8 Å². The van der Waals surface area contributed by atoms with Gasteiger partial charge in [0.15, 0.2) is 0 Å². The molecular formula is C10H14N2OS. The fraction of sp³-hybridized carbons (Fsp3) is 0.600. The van der Waals surface area contributed by atoms with Crippen LogP contribution in [0.5, 0.6) is 0 Å². The molecule has 0 aliphatic carbocycles. The summed E-state index contributed by atoms with van der Waals surface area (Å²) in [5, 5.41) is 1.20. The fourth-order valence-corrected chi connectivity index (χ4v) is 2.71. The van der Waals surface area contributed by atoms with Gasteiger partial charge in [0.1, 0.15) is 0 Å². The van der Waals surface area contributed by atoms with Crippen molar-refractivity contribution in [2.75, 3.05) is 6.54 Å². The summed E-state index contributed by atoms with van der Waals surface area (Å²) in [6.45, 7) is 5.88. The number of amides is 1. The average molecular weight is 210 g/mol. The molecule has 2 rings (SSSR count). The van der Waals surface area contributed by atoms with Crippen molar-refractivity contribution in [2.24, 2.45) is 0 Å². The van der Waals surface area contributed by atoms with Gasteiger partial charge in [-0.25, -0.2) is 4.98 Å². The predicted molar refractivity (Wildman–Crippen MR) is 56.4 cm³/mol. The Morgan fingerprint density at radius 3 is 3.00 bits per heavy atom. The summed E-state index contributed by atoms with van der Waals surface area (Å²) >= 11 is 1.75. The SMILES string of the molecule is CC(C)c1nc2c(s1)CN(C=O)CC2. The molecule has 0 N–H and O–H groups in total. The minimum Gasteiger partial charge on any atom is -0.340 e. The summed E-state index contributed by atoms with van der Waals surface area (Å²) in [6.07, 6.45) is 1.84. The summed E-state index contributed by atoms with van der Waals surface area (Å²) in [5.74, 6) is 0.496. The van der Waals surface area contributed by atoms with Crippen molar-refractivity contribution < 1.29 is 4.79 Å². The molecule has 0 bridgehead atoms. The second-order valence-electron chi connectivity index (χ2n) is 3.90. The van der Waals surface area contributed by atoms with Crippen LogP contribution in [0.2, 0.25) is 0 Å². The van der Waals surface area contributed by atoms with Gasteiger partial charge in [-0.3, -0.25) is 4.79 Å². The monoisotopic (exact) mass is 210 g/mol. The normalized spacial score (nSPS) is 15.8. The lowest BCUT2D eigenvalue weighted by Crippen LogP contribution is -2.28. The average Bonchev–Trinajstić information content (AvgIpc) is 2.59. The smallest absolute Gasteiger partial charge is 0.210 e. The minimum atomic E-state index is 0.496. The molecule has 2 heterocycles. The molecule has 0 spiro atoms. The largest absolute Gasteiger partial charge is 0.340 e. The van der Waals surface area contributed by atoms with Crippen molar-refractivity contribution >= 4 is 17.7 Å². The summed E-state index contributed by atoms with van der Waals surface area (Å²) in [4.78, 5) is 18.3. The topological polar surface area (TPSA) is 33.2 Å². The van der Waals surface area contributed by atoms with Crippen LogP contribution in [0, 0.1) is 0 Å². The minimum absolute atomic E-state index is 0.496. The van der Waals surface area contributed by atoms with Gasteiger partial charge < -0.3 is 4.90 Å². The molecule has 14 heavy (non-hydrogen) atoms. The summed E-state index contributed by atoms with van der Waals surface area (Å²) in [7, 11) is 0. The first-order valence-electron chi connectivity index (χ1n) is 4.88. The third kappa shape index (κ3) is 1.66. The Morgan fingerprint density at radius 1 is 1.57 bits per heavy atom. The highest BCUT2D eigenvalue weighted by molar-refractivity contribution is 7.11. The maximum absolute atomic E-state index is 10.6. The number of fused-ring (bicyclic) bond motifs is 1. The first kappa shape index (κ1) is 9.65. The molecule has 3 nitrogen and oxygen atoms in total. The zero-order valence-corrected chi connectivity index (χ0v) is 9.30. The second kappa shape index (κ2) is 3.69. The standard InChI is InChI=1S/C10H14N2OS/c1-7(2)10-11-8-3-4-12(6-13)5-9(8)14-10/h6-7H,3-5H2,1-2H3. The van der Waals surface area contributed by atoms with E-state index in [-0.39, 0.29) is 0 Å². The van der Waals surface area contributed by atoms with Crippen LogP contribution in [0.25, 0.3) is 0 Å². The highest BCUT2D eigenvalue weighted by Gasteiger charge is 2.20.